The molecule has 0 unspecified atom stereocenters. The van der Waals surface area contributed by atoms with Gasteiger partial charge in [-0.15, -0.1) is 0 Å². The molecule has 1 aromatic heterocycles. The third-order valence-electron chi connectivity index (χ3n) is 4.42. The van der Waals surface area contributed by atoms with E-state index in [2.05, 4.69) is 4.98 Å². The number of aromatic amines is 1. The van der Waals surface area contributed by atoms with Gasteiger partial charge in [-0.3, -0.25) is 19.1 Å². The van der Waals surface area contributed by atoms with Gasteiger partial charge in [0.2, 0.25) is 5.91 Å². The first kappa shape index (κ1) is 22.7. The predicted octanol–water partition coefficient (Wildman–Crippen LogP) is 2.04. The van der Waals surface area contributed by atoms with Crippen molar-refractivity contribution >= 4 is 29.0 Å². The van der Waals surface area contributed by atoms with E-state index in [1.807, 2.05) is 32.0 Å². The third-order valence-corrected chi connectivity index (χ3v) is 4.79. The fraction of sp³-hybridized carbons (Fsp3) is 0.450. The van der Waals surface area contributed by atoms with Crippen LogP contribution in [0.25, 0.3) is 0 Å². The first-order chi connectivity index (χ1) is 13.8. The summed E-state index contributed by atoms with van der Waals surface area (Å²) in [6, 6.07) is 7.27. The third kappa shape index (κ3) is 5.71. The zero-order valence-electron chi connectivity index (χ0n) is 16.9. The molecule has 0 aliphatic heterocycles. The number of ether oxygens (including phenoxy) is 1. The SMILES string of the molecule is COCCN(C(=O)CCc1ccccc1Cl)c1c(N)n(CC(C)C)c(=O)[nH]c1=O. The highest BCUT2D eigenvalue weighted by Gasteiger charge is 2.24. The second kappa shape index (κ2) is 10.3. The van der Waals surface area contributed by atoms with Gasteiger partial charge in [-0.2, -0.15) is 0 Å². The van der Waals surface area contributed by atoms with Crippen LogP contribution in [0.15, 0.2) is 33.9 Å². The number of nitrogens with zero attached hydrogens (tertiary/aromatic N) is 2. The minimum Gasteiger partial charge on any atom is -0.383 e. The molecule has 3 N–H and O–H groups in total. The predicted molar refractivity (Wildman–Crippen MR) is 115 cm³/mol. The van der Waals surface area contributed by atoms with Gasteiger partial charge < -0.3 is 15.4 Å². The van der Waals surface area contributed by atoms with Crippen LogP contribution in [0, 0.1) is 5.92 Å². The van der Waals surface area contributed by atoms with Gasteiger partial charge in [0, 0.05) is 31.6 Å². The van der Waals surface area contributed by atoms with Crippen molar-refractivity contribution in [2.75, 3.05) is 30.9 Å². The number of hydrogen-bond acceptors (Lipinski definition) is 5. The van der Waals surface area contributed by atoms with Crippen molar-refractivity contribution in [2.45, 2.75) is 33.2 Å². The Morgan fingerprint density at radius 2 is 2.00 bits per heavy atom. The van der Waals surface area contributed by atoms with Crippen molar-refractivity contribution in [1.82, 2.24) is 9.55 Å². The summed E-state index contributed by atoms with van der Waals surface area (Å²) >= 11 is 6.17. The molecule has 0 radical (unpaired) electrons. The van der Waals surface area contributed by atoms with Crippen molar-refractivity contribution in [3.8, 4) is 0 Å². The summed E-state index contributed by atoms with van der Waals surface area (Å²) < 4.78 is 6.37. The maximum atomic E-state index is 13.0. The Kier molecular flexibility index (Phi) is 8.04. The molecule has 8 nitrogen and oxygen atoms in total. The summed E-state index contributed by atoms with van der Waals surface area (Å²) in [5.74, 6) is -0.222. The number of nitrogens with one attached hydrogen (secondary N) is 1. The number of H-pyrrole nitrogens is 1. The van der Waals surface area contributed by atoms with Gasteiger partial charge in [-0.25, -0.2) is 4.79 Å². The average Bonchev–Trinajstić information content (AvgIpc) is 2.66. The highest BCUT2D eigenvalue weighted by molar-refractivity contribution is 6.31. The summed E-state index contributed by atoms with van der Waals surface area (Å²) in [5, 5.41) is 0.576. The number of benzene rings is 1. The van der Waals surface area contributed by atoms with Crippen molar-refractivity contribution in [3.63, 3.8) is 0 Å². The molecule has 2 rings (SSSR count). The normalized spacial score (nSPS) is 11.1. The number of hydrogen-bond donors (Lipinski definition) is 2. The molecule has 0 saturated carbocycles. The van der Waals surface area contributed by atoms with Crippen molar-refractivity contribution in [2.24, 2.45) is 5.92 Å². The first-order valence-electron chi connectivity index (χ1n) is 9.41. The zero-order chi connectivity index (χ0) is 21.6. The lowest BCUT2D eigenvalue weighted by atomic mass is 10.1. The number of nitrogen functional groups attached to an aromatic ring is 1. The molecule has 1 amide bonds. The number of aryl methyl sites for hydroxylation is 1. The van der Waals surface area contributed by atoms with Gasteiger partial charge in [0.25, 0.3) is 5.56 Å². The molecule has 29 heavy (non-hydrogen) atoms. The van der Waals surface area contributed by atoms with E-state index >= 15 is 0 Å². The van der Waals surface area contributed by atoms with Gasteiger partial charge >= 0.3 is 5.69 Å². The summed E-state index contributed by atoms with van der Waals surface area (Å²) in [7, 11) is 1.50. The number of carbonyl (C=O) groups is 1. The maximum Gasteiger partial charge on any atom is 0.330 e. The van der Waals surface area contributed by atoms with E-state index in [1.54, 1.807) is 6.07 Å². The van der Waals surface area contributed by atoms with E-state index in [0.29, 0.717) is 18.0 Å². The van der Waals surface area contributed by atoms with Crippen LogP contribution in [0.2, 0.25) is 5.02 Å². The minimum absolute atomic E-state index is 0.0327. The maximum absolute atomic E-state index is 13.0. The fourth-order valence-corrected chi connectivity index (χ4v) is 3.24. The second-order valence-electron chi connectivity index (χ2n) is 7.13. The number of carbonyl (C=O) groups excluding carboxylic acids is 1. The van der Waals surface area contributed by atoms with Crippen LogP contribution in [0.5, 0.6) is 0 Å². The van der Waals surface area contributed by atoms with Crippen LogP contribution in [0.4, 0.5) is 11.5 Å². The van der Waals surface area contributed by atoms with Crippen molar-refractivity contribution in [3.05, 3.63) is 55.7 Å². The van der Waals surface area contributed by atoms with Crippen LogP contribution in [0.1, 0.15) is 25.8 Å². The minimum atomic E-state index is -0.699. The van der Waals surface area contributed by atoms with Crippen LogP contribution in [-0.2, 0) is 22.5 Å². The average molecular weight is 423 g/mol. The van der Waals surface area contributed by atoms with Crippen LogP contribution < -0.4 is 21.9 Å². The number of methoxy groups -OCH3 is 1. The Bertz CT molecular complexity index is 968. The van der Waals surface area contributed by atoms with E-state index in [0.717, 1.165) is 5.56 Å². The van der Waals surface area contributed by atoms with E-state index in [4.69, 9.17) is 22.1 Å². The monoisotopic (exact) mass is 422 g/mol. The van der Waals surface area contributed by atoms with E-state index in [9.17, 15) is 14.4 Å². The van der Waals surface area contributed by atoms with E-state index < -0.39 is 11.2 Å². The summed E-state index contributed by atoms with van der Waals surface area (Å²) in [4.78, 5) is 41.3. The largest absolute Gasteiger partial charge is 0.383 e. The molecule has 9 heteroatoms. The highest BCUT2D eigenvalue weighted by atomic mass is 35.5. The molecule has 0 aliphatic rings. The van der Waals surface area contributed by atoms with E-state index in [-0.39, 0.29) is 42.9 Å². The topological polar surface area (TPSA) is 110 Å². The number of amides is 1. The van der Waals surface area contributed by atoms with Crippen LogP contribution >= 0.6 is 11.6 Å². The van der Waals surface area contributed by atoms with Crippen molar-refractivity contribution in [1.29, 1.82) is 0 Å². The molecular weight excluding hydrogens is 396 g/mol. The van der Waals surface area contributed by atoms with Gasteiger partial charge in [-0.05, 0) is 24.0 Å². The molecule has 0 fully saturated rings. The highest BCUT2D eigenvalue weighted by Crippen LogP contribution is 2.21. The Morgan fingerprint density at radius 3 is 2.62 bits per heavy atom. The number of rotatable bonds is 9. The summed E-state index contributed by atoms with van der Waals surface area (Å²) in [6.07, 6.45) is 0.529. The van der Waals surface area contributed by atoms with Crippen LogP contribution in [0.3, 0.4) is 0 Å². The Morgan fingerprint density at radius 1 is 1.31 bits per heavy atom. The molecule has 0 atom stereocenters. The number of aromatic nitrogens is 2. The number of nitrogens with two attached hydrogens (primary N) is 1. The van der Waals surface area contributed by atoms with Crippen molar-refractivity contribution < 1.29 is 9.53 Å². The number of halogens is 1. The molecule has 0 aliphatic carbocycles. The summed E-state index contributed by atoms with van der Waals surface area (Å²) in [5.41, 5.74) is 5.66. The van der Waals surface area contributed by atoms with Crippen LogP contribution in [-0.4, -0.2) is 35.7 Å². The first-order valence-corrected chi connectivity index (χ1v) is 9.79. The second-order valence-corrected chi connectivity index (χ2v) is 7.53. The lowest BCUT2D eigenvalue weighted by molar-refractivity contribution is -0.118. The molecule has 1 aromatic carbocycles. The smallest absolute Gasteiger partial charge is 0.330 e. The lowest BCUT2D eigenvalue weighted by Gasteiger charge is -2.25. The lowest BCUT2D eigenvalue weighted by Crippen LogP contribution is -2.43. The molecule has 1 heterocycles. The molecule has 0 spiro atoms. The standard InChI is InChI=1S/C20H27ClN4O4/c1-13(2)12-25-18(22)17(19(27)23-20(25)28)24(10-11-29-3)16(26)9-8-14-6-4-5-7-15(14)21/h4-7,13H,8-12,22H2,1-3H3,(H,23,27,28). The Balaban J connectivity index is 2.38. The quantitative estimate of drug-likeness (QED) is 0.642. The molecule has 158 valence electrons. The number of anilines is 2. The zero-order valence-corrected chi connectivity index (χ0v) is 17.7. The molecular formula is C20H27ClN4O4. The molecule has 0 saturated heterocycles. The Labute approximate surface area is 174 Å². The molecule has 0 bridgehead atoms. The van der Waals surface area contributed by atoms with Gasteiger partial charge in [0.15, 0.2) is 5.69 Å². The van der Waals surface area contributed by atoms with Gasteiger partial charge in [-0.1, -0.05) is 43.6 Å². The summed E-state index contributed by atoms with van der Waals surface area (Å²) in [6.45, 7) is 4.51. The molecule has 2 aromatic rings. The van der Waals surface area contributed by atoms with Gasteiger partial charge in [0.05, 0.1) is 6.61 Å². The van der Waals surface area contributed by atoms with Gasteiger partial charge in [0.1, 0.15) is 5.82 Å². The fourth-order valence-electron chi connectivity index (χ4n) is 3.01. The van der Waals surface area contributed by atoms with E-state index in [1.165, 1.54) is 16.6 Å². The Hall–Kier alpha value is -2.58.